The molecule has 0 aliphatic heterocycles. The zero-order chi connectivity index (χ0) is 23.3. The van der Waals surface area contributed by atoms with Gasteiger partial charge in [-0.05, 0) is 77.7 Å². The minimum Gasteiger partial charge on any atom is -0.490 e. The second-order valence-corrected chi connectivity index (χ2v) is 9.06. The van der Waals surface area contributed by atoms with E-state index in [0.717, 1.165) is 28.7 Å². The van der Waals surface area contributed by atoms with Gasteiger partial charge in [0.05, 0.1) is 28.5 Å². The maximum absolute atomic E-state index is 13.6. The van der Waals surface area contributed by atoms with Crippen LogP contribution in [0, 0.1) is 6.92 Å². The zero-order valence-electron chi connectivity index (χ0n) is 19.3. The first kappa shape index (κ1) is 24.3. The van der Waals surface area contributed by atoms with E-state index in [2.05, 4.69) is 4.90 Å². The van der Waals surface area contributed by atoms with Crippen LogP contribution >= 0.6 is 22.9 Å². The van der Waals surface area contributed by atoms with Gasteiger partial charge in [0.2, 0.25) is 0 Å². The Hall–Kier alpha value is -2.35. The van der Waals surface area contributed by atoms with E-state index in [-0.39, 0.29) is 5.91 Å². The summed E-state index contributed by atoms with van der Waals surface area (Å²) in [5.74, 6) is 1.07. The Morgan fingerprint density at radius 3 is 2.44 bits per heavy atom. The highest BCUT2D eigenvalue weighted by atomic mass is 35.5. The van der Waals surface area contributed by atoms with Gasteiger partial charge in [-0.2, -0.15) is 0 Å². The molecule has 0 N–H and O–H groups in total. The third-order valence-corrected chi connectivity index (χ3v) is 6.48. The lowest BCUT2D eigenvalue weighted by Gasteiger charge is -2.22. The molecule has 1 aromatic heterocycles. The van der Waals surface area contributed by atoms with Gasteiger partial charge in [0.15, 0.2) is 16.6 Å². The van der Waals surface area contributed by atoms with Crippen LogP contribution in [0.15, 0.2) is 30.3 Å². The van der Waals surface area contributed by atoms with E-state index in [1.165, 1.54) is 11.3 Å². The van der Waals surface area contributed by atoms with Crippen LogP contribution < -0.4 is 14.4 Å². The number of rotatable bonds is 10. The molecule has 2 aromatic carbocycles. The summed E-state index contributed by atoms with van der Waals surface area (Å²) >= 11 is 7.87. The lowest BCUT2D eigenvalue weighted by atomic mass is 10.1. The van der Waals surface area contributed by atoms with E-state index in [4.69, 9.17) is 26.1 Å². The molecule has 32 heavy (non-hydrogen) atoms. The molecule has 1 amide bonds. The van der Waals surface area contributed by atoms with Crippen molar-refractivity contribution in [1.29, 1.82) is 0 Å². The number of carbonyl (C=O) groups excluding carboxylic acids is 1. The molecule has 3 aromatic rings. The van der Waals surface area contributed by atoms with Gasteiger partial charge in [0.25, 0.3) is 5.91 Å². The number of ether oxygens (including phenoxy) is 2. The van der Waals surface area contributed by atoms with E-state index < -0.39 is 0 Å². The first-order valence-electron chi connectivity index (χ1n) is 10.8. The fraction of sp³-hybridized carbons (Fsp3) is 0.417. The van der Waals surface area contributed by atoms with Gasteiger partial charge in [-0.25, -0.2) is 4.98 Å². The van der Waals surface area contributed by atoms with Crippen molar-refractivity contribution in [3.05, 3.63) is 46.5 Å². The van der Waals surface area contributed by atoms with Crippen molar-refractivity contribution in [1.82, 2.24) is 9.88 Å². The molecule has 0 fully saturated rings. The summed E-state index contributed by atoms with van der Waals surface area (Å²) in [6.07, 6.45) is 0.816. The number of anilines is 1. The van der Waals surface area contributed by atoms with Gasteiger partial charge < -0.3 is 14.4 Å². The van der Waals surface area contributed by atoms with Crippen LogP contribution in [0.25, 0.3) is 10.2 Å². The summed E-state index contributed by atoms with van der Waals surface area (Å²) < 4.78 is 12.3. The van der Waals surface area contributed by atoms with Crippen molar-refractivity contribution in [2.45, 2.75) is 27.2 Å². The minimum atomic E-state index is -0.124. The third-order valence-electron chi connectivity index (χ3n) is 4.94. The van der Waals surface area contributed by atoms with Crippen LogP contribution in [-0.2, 0) is 0 Å². The monoisotopic (exact) mass is 475 g/mol. The molecule has 0 aliphatic carbocycles. The number of nitrogens with zero attached hydrogens (tertiary/aromatic N) is 3. The lowest BCUT2D eigenvalue weighted by molar-refractivity contribution is 0.0985. The van der Waals surface area contributed by atoms with Crippen LogP contribution in [0.2, 0.25) is 5.02 Å². The highest BCUT2D eigenvalue weighted by molar-refractivity contribution is 7.23. The Bertz CT molecular complexity index is 1040. The van der Waals surface area contributed by atoms with Crippen molar-refractivity contribution in [3.63, 3.8) is 0 Å². The standard InChI is InChI=1S/C24H30ClN3O3S/c1-6-30-19-12-10-17(15-20(19)31-7-2)23(29)28(14-8-13-27(4)5)24-26-21-16(3)9-11-18(25)22(21)32-24/h9-12,15H,6-8,13-14H2,1-5H3. The highest BCUT2D eigenvalue weighted by Crippen LogP contribution is 2.37. The normalized spacial score (nSPS) is 11.2. The summed E-state index contributed by atoms with van der Waals surface area (Å²) in [7, 11) is 4.04. The van der Waals surface area contributed by atoms with Crippen molar-refractivity contribution >= 4 is 44.2 Å². The molecule has 0 unspecified atom stereocenters. The van der Waals surface area contributed by atoms with Gasteiger partial charge in [-0.15, -0.1) is 0 Å². The Morgan fingerprint density at radius 1 is 1.06 bits per heavy atom. The average molecular weight is 476 g/mol. The van der Waals surface area contributed by atoms with Gasteiger partial charge in [-0.3, -0.25) is 9.69 Å². The van der Waals surface area contributed by atoms with Crippen LogP contribution in [0.5, 0.6) is 11.5 Å². The molecular weight excluding hydrogens is 446 g/mol. The topological polar surface area (TPSA) is 54.9 Å². The van der Waals surface area contributed by atoms with Gasteiger partial charge >= 0.3 is 0 Å². The first-order chi connectivity index (χ1) is 15.3. The summed E-state index contributed by atoms with van der Waals surface area (Å²) in [5.41, 5.74) is 2.40. The van der Waals surface area contributed by atoms with Crippen molar-refractivity contribution in [2.75, 3.05) is 45.3 Å². The number of benzene rings is 2. The Labute approximate surface area is 198 Å². The lowest BCUT2D eigenvalue weighted by Crippen LogP contribution is -2.33. The molecular formula is C24H30ClN3O3S. The third kappa shape index (κ3) is 5.52. The maximum atomic E-state index is 13.6. The van der Waals surface area contributed by atoms with Crippen molar-refractivity contribution in [2.24, 2.45) is 0 Å². The molecule has 0 saturated carbocycles. The first-order valence-corrected chi connectivity index (χ1v) is 12.0. The van der Waals surface area contributed by atoms with Gasteiger partial charge in [0.1, 0.15) is 0 Å². The average Bonchev–Trinajstić information content (AvgIpc) is 3.21. The molecule has 0 saturated heterocycles. The second-order valence-electron chi connectivity index (χ2n) is 7.68. The van der Waals surface area contributed by atoms with Crippen LogP contribution in [0.4, 0.5) is 5.13 Å². The van der Waals surface area contributed by atoms with E-state index in [1.54, 1.807) is 23.1 Å². The summed E-state index contributed by atoms with van der Waals surface area (Å²) in [6.45, 7) is 8.25. The SMILES string of the molecule is CCOc1ccc(C(=O)N(CCCN(C)C)c2nc3c(C)ccc(Cl)c3s2)cc1OCC. The molecule has 0 aliphatic rings. The number of hydrogen-bond acceptors (Lipinski definition) is 6. The zero-order valence-corrected chi connectivity index (χ0v) is 20.8. The van der Waals surface area contributed by atoms with Crippen molar-refractivity contribution in [3.8, 4) is 11.5 Å². The quantitative estimate of drug-likeness (QED) is 0.379. The molecule has 0 atom stereocenters. The van der Waals surface area contributed by atoms with Gasteiger partial charge in [-0.1, -0.05) is 29.0 Å². The van der Waals surface area contributed by atoms with Crippen LogP contribution in [0.1, 0.15) is 36.2 Å². The van der Waals surface area contributed by atoms with E-state index in [1.807, 2.05) is 47.0 Å². The minimum absolute atomic E-state index is 0.124. The molecule has 6 nitrogen and oxygen atoms in total. The molecule has 172 valence electrons. The molecule has 0 spiro atoms. The molecule has 1 heterocycles. The predicted molar refractivity (Wildman–Crippen MR) is 133 cm³/mol. The Balaban J connectivity index is 2.00. The number of aromatic nitrogens is 1. The number of amides is 1. The van der Waals surface area contributed by atoms with E-state index in [9.17, 15) is 4.79 Å². The van der Waals surface area contributed by atoms with Gasteiger partial charge in [0, 0.05) is 12.1 Å². The molecule has 0 radical (unpaired) electrons. The maximum Gasteiger partial charge on any atom is 0.260 e. The number of thiazole rings is 1. The summed E-state index contributed by atoms with van der Waals surface area (Å²) in [6, 6.07) is 9.15. The highest BCUT2D eigenvalue weighted by Gasteiger charge is 2.23. The number of fused-ring (bicyclic) bond motifs is 1. The van der Waals surface area contributed by atoms with E-state index >= 15 is 0 Å². The van der Waals surface area contributed by atoms with Crippen LogP contribution in [0.3, 0.4) is 0 Å². The number of aryl methyl sites for hydroxylation is 1. The smallest absolute Gasteiger partial charge is 0.260 e. The number of hydrogen-bond donors (Lipinski definition) is 0. The molecule has 8 heteroatoms. The summed E-state index contributed by atoms with van der Waals surface area (Å²) in [5, 5.41) is 1.29. The molecule has 3 rings (SSSR count). The van der Waals surface area contributed by atoms with Crippen LogP contribution in [-0.4, -0.2) is 56.2 Å². The Morgan fingerprint density at radius 2 is 1.78 bits per heavy atom. The fourth-order valence-electron chi connectivity index (χ4n) is 3.38. The second kappa shape index (κ2) is 11.0. The largest absolute Gasteiger partial charge is 0.490 e. The van der Waals surface area contributed by atoms with E-state index in [0.29, 0.717) is 47.0 Å². The number of carbonyl (C=O) groups is 1. The Kier molecular flexibility index (Phi) is 8.34. The fourth-order valence-corrected chi connectivity index (χ4v) is 4.72. The summed E-state index contributed by atoms with van der Waals surface area (Å²) in [4.78, 5) is 22.3. The predicted octanol–water partition coefficient (Wildman–Crippen LogP) is 5.65. The number of halogens is 1. The van der Waals surface area contributed by atoms with Crippen molar-refractivity contribution < 1.29 is 14.3 Å². The molecule has 0 bridgehead atoms.